The third-order valence-electron chi connectivity index (χ3n) is 7.47. The second kappa shape index (κ2) is 5.53. The van der Waals surface area contributed by atoms with Crippen molar-refractivity contribution >= 4 is 0 Å². The van der Waals surface area contributed by atoms with E-state index < -0.39 is 11.2 Å². The van der Waals surface area contributed by atoms with Crippen molar-refractivity contribution in [1.29, 1.82) is 0 Å². The molecule has 0 radical (unpaired) electrons. The van der Waals surface area contributed by atoms with E-state index in [9.17, 15) is 10.2 Å². The van der Waals surface area contributed by atoms with E-state index in [1.165, 1.54) is 44.9 Å². The molecule has 6 unspecified atom stereocenters. The smallest absolute Gasteiger partial charge is 0.0734 e. The minimum atomic E-state index is -0.741. The van der Waals surface area contributed by atoms with E-state index in [0.29, 0.717) is 11.8 Å². The van der Waals surface area contributed by atoms with Crippen LogP contribution in [0, 0.1) is 29.6 Å². The van der Waals surface area contributed by atoms with Crippen molar-refractivity contribution in [3.05, 3.63) is 0 Å². The number of aliphatic hydroxyl groups is 2. The van der Waals surface area contributed by atoms with Crippen LogP contribution < -0.4 is 0 Å². The molecule has 2 nitrogen and oxygen atoms in total. The van der Waals surface area contributed by atoms with Crippen LogP contribution in [0.5, 0.6) is 0 Å². The normalized spacial score (nSPS) is 46.6. The van der Waals surface area contributed by atoms with E-state index in [2.05, 4.69) is 13.8 Å². The van der Waals surface area contributed by atoms with Gasteiger partial charge in [0.2, 0.25) is 0 Å². The van der Waals surface area contributed by atoms with Crippen LogP contribution in [0.4, 0.5) is 0 Å². The highest BCUT2D eigenvalue weighted by molar-refractivity contribution is 5.08. The van der Waals surface area contributed by atoms with Crippen molar-refractivity contribution in [2.24, 2.45) is 29.6 Å². The predicted molar refractivity (Wildman–Crippen MR) is 85.9 cm³/mol. The highest BCUT2D eigenvalue weighted by Crippen LogP contribution is 2.56. The molecule has 0 amide bonds. The molecular weight excluding hydrogens is 260 g/mol. The van der Waals surface area contributed by atoms with Gasteiger partial charge in [-0.15, -0.1) is 0 Å². The molecule has 0 heterocycles. The van der Waals surface area contributed by atoms with Crippen molar-refractivity contribution in [3.8, 4) is 0 Å². The molecule has 2 heteroatoms. The van der Waals surface area contributed by atoms with Gasteiger partial charge in [0, 0.05) is 5.92 Å². The number of fused-ring (bicyclic) bond motifs is 2. The molecule has 3 aliphatic carbocycles. The van der Waals surface area contributed by atoms with Crippen LogP contribution >= 0.6 is 0 Å². The Kier molecular flexibility index (Phi) is 4.16. The lowest BCUT2D eigenvalue weighted by molar-refractivity contribution is -0.209. The average Bonchev–Trinajstić information content (AvgIpc) is 2.43. The van der Waals surface area contributed by atoms with Crippen molar-refractivity contribution in [2.75, 3.05) is 0 Å². The number of hydrogen-bond donors (Lipinski definition) is 2. The van der Waals surface area contributed by atoms with Gasteiger partial charge in [0.05, 0.1) is 11.2 Å². The molecule has 2 N–H and O–H groups in total. The molecule has 3 saturated carbocycles. The van der Waals surface area contributed by atoms with Gasteiger partial charge in [-0.3, -0.25) is 0 Å². The van der Waals surface area contributed by atoms with E-state index in [-0.39, 0.29) is 11.8 Å². The maximum Gasteiger partial charge on any atom is 0.0734 e. The van der Waals surface area contributed by atoms with Crippen LogP contribution in [-0.4, -0.2) is 21.4 Å². The Morgan fingerprint density at radius 2 is 1.67 bits per heavy atom. The van der Waals surface area contributed by atoms with E-state index in [4.69, 9.17) is 0 Å². The van der Waals surface area contributed by atoms with Gasteiger partial charge < -0.3 is 10.2 Å². The molecule has 0 aromatic rings. The fraction of sp³-hybridized carbons (Fsp3) is 1.00. The average molecular weight is 294 g/mol. The third-order valence-corrected chi connectivity index (χ3v) is 7.47. The Balaban J connectivity index is 1.87. The van der Waals surface area contributed by atoms with Crippen molar-refractivity contribution in [1.82, 2.24) is 0 Å². The molecule has 0 aliphatic heterocycles. The summed E-state index contributed by atoms with van der Waals surface area (Å²) < 4.78 is 0. The molecular formula is C19H34O2. The van der Waals surface area contributed by atoms with Crippen LogP contribution in [-0.2, 0) is 0 Å². The minimum absolute atomic E-state index is 0.0617. The molecule has 0 bridgehead atoms. The van der Waals surface area contributed by atoms with Gasteiger partial charge >= 0.3 is 0 Å². The van der Waals surface area contributed by atoms with E-state index in [0.717, 1.165) is 18.8 Å². The lowest BCUT2D eigenvalue weighted by Gasteiger charge is -2.58. The monoisotopic (exact) mass is 294 g/mol. The van der Waals surface area contributed by atoms with E-state index >= 15 is 0 Å². The fourth-order valence-electron chi connectivity index (χ4n) is 5.83. The Morgan fingerprint density at radius 1 is 1.00 bits per heavy atom. The number of hydrogen-bond acceptors (Lipinski definition) is 2. The molecule has 3 aliphatic rings. The first-order chi connectivity index (χ1) is 9.85. The van der Waals surface area contributed by atoms with Crippen molar-refractivity contribution in [3.63, 3.8) is 0 Å². The SMILES string of the molecule is CC(C)C(C)(O)C1CCCC2CC3CCCCC3CC21O. The predicted octanol–water partition coefficient (Wildman–Crippen LogP) is 4.14. The van der Waals surface area contributed by atoms with Gasteiger partial charge in [-0.05, 0) is 56.3 Å². The summed E-state index contributed by atoms with van der Waals surface area (Å²) in [5.41, 5.74) is -1.35. The first kappa shape index (κ1) is 15.8. The van der Waals surface area contributed by atoms with Gasteiger partial charge in [0.25, 0.3) is 0 Å². The summed E-state index contributed by atoms with van der Waals surface area (Å²) in [7, 11) is 0. The first-order valence-electron chi connectivity index (χ1n) is 9.30. The van der Waals surface area contributed by atoms with Crippen molar-refractivity contribution in [2.45, 2.75) is 89.8 Å². The molecule has 122 valence electrons. The zero-order chi connectivity index (χ0) is 15.3. The molecule has 21 heavy (non-hydrogen) atoms. The Hall–Kier alpha value is -0.0800. The summed E-state index contributed by atoms with van der Waals surface area (Å²) >= 11 is 0. The molecule has 6 atom stereocenters. The second-order valence-electron chi connectivity index (χ2n) is 8.80. The summed E-state index contributed by atoms with van der Waals surface area (Å²) in [5, 5.41) is 22.7. The van der Waals surface area contributed by atoms with Crippen LogP contribution in [0.1, 0.15) is 78.6 Å². The molecule has 0 aromatic carbocycles. The van der Waals surface area contributed by atoms with E-state index in [1.807, 2.05) is 6.92 Å². The van der Waals surface area contributed by atoms with Gasteiger partial charge in [-0.1, -0.05) is 46.0 Å². The van der Waals surface area contributed by atoms with Gasteiger partial charge in [-0.2, -0.15) is 0 Å². The standard InChI is InChI=1S/C19H34O2/c1-13(2)18(3,20)17-10-6-9-16-11-14-7-4-5-8-15(14)12-19(16,17)21/h13-17,20-21H,4-12H2,1-3H3. The quantitative estimate of drug-likeness (QED) is 0.803. The Morgan fingerprint density at radius 3 is 2.33 bits per heavy atom. The van der Waals surface area contributed by atoms with Crippen LogP contribution in [0.2, 0.25) is 0 Å². The minimum Gasteiger partial charge on any atom is -0.390 e. The fourth-order valence-corrected chi connectivity index (χ4v) is 5.83. The summed E-state index contributed by atoms with van der Waals surface area (Å²) in [6, 6.07) is 0. The van der Waals surface area contributed by atoms with Gasteiger partial charge in [-0.25, -0.2) is 0 Å². The first-order valence-corrected chi connectivity index (χ1v) is 9.30. The number of rotatable bonds is 2. The Labute approximate surface area is 130 Å². The molecule has 0 aromatic heterocycles. The van der Waals surface area contributed by atoms with Crippen LogP contribution in [0.3, 0.4) is 0 Å². The lowest BCUT2D eigenvalue weighted by atomic mass is 9.51. The molecule has 0 spiro atoms. The Bertz CT molecular complexity index is 376. The van der Waals surface area contributed by atoms with E-state index in [1.54, 1.807) is 0 Å². The highest BCUT2D eigenvalue weighted by Gasteiger charge is 2.57. The van der Waals surface area contributed by atoms with Crippen molar-refractivity contribution < 1.29 is 10.2 Å². The summed E-state index contributed by atoms with van der Waals surface area (Å²) in [6.45, 7) is 6.16. The topological polar surface area (TPSA) is 40.5 Å². The highest BCUT2D eigenvalue weighted by atomic mass is 16.3. The van der Waals surface area contributed by atoms with Crippen LogP contribution in [0.25, 0.3) is 0 Å². The molecule has 3 fully saturated rings. The van der Waals surface area contributed by atoms with Crippen LogP contribution in [0.15, 0.2) is 0 Å². The summed E-state index contributed by atoms with van der Waals surface area (Å²) in [5.74, 6) is 2.26. The maximum atomic E-state index is 11.6. The van der Waals surface area contributed by atoms with Gasteiger partial charge in [0.15, 0.2) is 0 Å². The molecule has 0 saturated heterocycles. The zero-order valence-corrected chi connectivity index (χ0v) is 14.1. The lowest BCUT2D eigenvalue weighted by Crippen LogP contribution is -2.61. The second-order valence-corrected chi connectivity index (χ2v) is 8.80. The maximum absolute atomic E-state index is 11.6. The summed E-state index contributed by atoms with van der Waals surface area (Å²) in [6.07, 6.45) is 10.9. The molecule has 3 rings (SSSR count). The third kappa shape index (κ3) is 2.57. The largest absolute Gasteiger partial charge is 0.390 e. The zero-order valence-electron chi connectivity index (χ0n) is 14.1. The van der Waals surface area contributed by atoms with Gasteiger partial charge in [0.1, 0.15) is 0 Å². The summed E-state index contributed by atoms with van der Waals surface area (Å²) in [4.78, 5) is 0.